The molecular weight excluding hydrogens is 524 g/mol. The van der Waals surface area contributed by atoms with Gasteiger partial charge in [0.1, 0.15) is 11.8 Å². The first-order chi connectivity index (χ1) is 19.5. The molecule has 3 aromatic rings. The van der Waals surface area contributed by atoms with Crippen LogP contribution in [0, 0.1) is 6.92 Å². The van der Waals surface area contributed by atoms with Gasteiger partial charge in [0, 0.05) is 35.7 Å². The van der Waals surface area contributed by atoms with Gasteiger partial charge >= 0.3 is 0 Å². The lowest BCUT2D eigenvalue weighted by Crippen LogP contribution is -2.50. The van der Waals surface area contributed by atoms with Gasteiger partial charge in [-0.3, -0.25) is 19.3 Å². The van der Waals surface area contributed by atoms with E-state index in [-0.39, 0.29) is 24.6 Å². The predicted octanol–water partition coefficient (Wildman–Crippen LogP) is 5.36. The molecule has 10 heteroatoms. The molecular formula is C31H40N4O6. The van der Waals surface area contributed by atoms with Crippen LogP contribution in [0.1, 0.15) is 69.9 Å². The number of para-hydroxylation sites is 1. The highest BCUT2D eigenvalue weighted by molar-refractivity contribution is 6.03. The Morgan fingerprint density at radius 3 is 2.29 bits per heavy atom. The van der Waals surface area contributed by atoms with Gasteiger partial charge in [-0.25, -0.2) is 0 Å². The minimum absolute atomic E-state index is 0.127. The number of carbonyl (C=O) groups is 3. The van der Waals surface area contributed by atoms with Crippen molar-refractivity contribution in [2.45, 2.75) is 71.9 Å². The van der Waals surface area contributed by atoms with E-state index in [1.165, 1.54) is 19.1 Å². The third kappa shape index (κ3) is 7.87. The number of aromatic nitrogens is 1. The third-order valence-electron chi connectivity index (χ3n) is 6.93. The highest BCUT2D eigenvalue weighted by Gasteiger charge is 2.37. The largest absolute Gasteiger partial charge is 0.493 e. The summed E-state index contributed by atoms with van der Waals surface area (Å²) in [5.74, 6) is 0.375. The summed E-state index contributed by atoms with van der Waals surface area (Å²) in [6.07, 6.45) is 1.19. The average Bonchev–Trinajstić information content (AvgIpc) is 3.37. The van der Waals surface area contributed by atoms with Crippen LogP contribution in [0.2, 0.25) is 0 Å². The number of hydrogen-bond donors (Lipinski definition) is 2. The molecule has 220 valence electrons. The van der Waals surface area contributed by atoms with Crippen molar-refractivity contribution in [1.82, 2.24) is 10.5 Å². The van der Waals surface area contributed by atoms with Gasteiger partial charge in [-0.05, 0) is 57.4 Å². The summed E-state index contributed by atoms with van der Waals surface area (Å²) in [7, 11) is 3.00. The van der Waals surface area contributed by atoms with Crippen LogP contribution in [0.4, 0.5) is 11.5 Å². The summed E-state index contributed by atoms with van der Waals surface area (Å²) >= 11 is 0. The van der Waals surface area contributed by atoms with Gasteiger partial charge in [0.2, 0.25) is 17.7 Å². The smallest absolute Gasteiger partial charge is 0.248 e. The molecule has 0 saturated heterocycles. The topological polar surface area (TPSA) is 123 Å². The van der Waals surface area contributed by atoms with E-state index in [9.17, 15) is 14.4 Å². The maximum absolute atomic E-state index is 14.1. The van der Waals surface area contributed by atoms with Gasteiger partial charge in [0.25, 0.3) is 0 Å². The maximum atomic E-state index is 14.1. The number of anilines is 2. The summed E-state index contributed by atoms with van der Waals surface area (Å²) in [5, 5.41) is 9.50. The third-order valence-corrected chi connectivity index (χ3v) is 6.93. The van der Waals surface area contributed by atoms with Gasteiger partial charge < -0.3 is 24.6 Å². The van der Waals surface area contributed by atoms with Gasteiger partial charge in [0.15, 0.2) is 17.3 Å². The fourth-order valence-electron chi connectivity index (χ4n) is 4.32. The van der Waals surface area contributed by atoms with Gasteiger partial charge in [-0.2, -0.15) is 0 Å². The molecule has 0 fully saturated rings. The summed E-state index contributed by atoms with van der Waals surface area (Å²) in [6, 6.07) is 13.2. The number of nitrogens with zero attached hydrogens (tertiary/aromatic N) is 2. The molecule has 2 aromatic carbocycles. The lowest BCUT2D eigenvalue weighted by Gasteiger charge is -2.35. The minimum atomic E-state index is -1.12. The number of ether oxygens (including phenoxy) is 2. The Hall–Kier alpha value is -4.34. The van der Waals surface area contributed by atoms with Crippen LogP contribution in [-0.4, -0.2) is 42.6 Å². The van der Waals surface area contributed by atoms with Crippen LogP contribution in [-0.2, 0) is 20.8 Å². The van der Waals surface area contributed by atoms with Crippen molar-refractivity contribution < 1.29 is 28.4 Å². The number of amides is 3. The van der Waals surface area contributed by atoms with E-state index < -0.39 is 23.4 Å². The van der Waals surface area contributed by atoms with E-state index in [1.807, 2.05) is 52.0 Å². The first-order valence-corrected chi connectivity index (χ1v) is 13.7. The van der Waals surface area contributed by atoms with Crippen molar-refractivity contribution in [2.75, 3.05) is 24.4 Å². The van der Waals surface area contributed by atoms with E-state index in [1.54, 1.807) is 31.2 Å². The monoisotopic (exact) mass is 564 g/mol. The van der Waals surface area contributed by atoms with Crippen molar-refractivity contribution in [2.24, 2.45) is 0 Å². The van der Waals surface area contributed by atoms with Crippen LogP contribution < -0.4 is 25.0 Å². The quantitative estimate of drug-likeness (QED) is 0.286. The molecule has 1 atom stereocenters. The van der Waals surface area contributed by atoms with Gasteiger partial charge in [-0.1, -0.05) is 43.3 Å². The van der Waals surface area contributed by atoms with Crippen LogP contribution in [0.5, 0.6) is 11.5 Å². The lowest BCUT2D eigenvalue weighted by molar-refractivity contribution is -0.128. The fourth-order valence-corrected chi connectivity index (χ4v) is 4.32. The van der Waals surface area contributed by atoms with E-state index in [2.05, 4.69) is 15.8 Å². The van der Waals surface area contributed by atoms with Crippen LogP contribution in [0.3, 0.4) is 0 Å². The molecule has 0 spiro atoms. The first-order valence-electron chi connectivity index (χ1n) is 13.7. The Morgan fingerprint density at radius 1 is 1.02 bits per heavy atom. The molecule has 41 heavy (non-hydrogen) atoms. The summed E-state index contributed by atoms with van der Waals surface area (Å²) in [6.45, 7) is 9.57. The lowest BCUT2D eigenvalue weighted by atomic mass is 9.97. The van der Waals surface area contributed by atoms with Crippen molar-refractivity contribution >= 4 is 29.2 Å². The Morgan fingerprint density at radius 2 is 1.73 bits per heavy atom. The van der Waals surface area contributed by atoms with E-state index in [4.69, 9.17) is 14.0 Å². The summed E-state index contributed by atoms with van der Waals surface area (Å²) < 4.78 is 16.2. The van der Waals surface area contributed by atoms with Crippen molar-refractivity contribution in [3.05, 3.63) is 65.4 Å². The van der Waals surface area contributed by atoms with Gasteiger partial charge in [-0.15, -0.1) is 0 Å². The van der Waals surface area contributed by atoms with Gasteiger partial charge in [0.05, 0.1) is 14.2 Å². The standard InChI is InChI=1S/C31H40N4O6/c1-8-21-13-15-22(16-14-21)35(27(37)18-17-26(36)32-25-19-20(3)41-34-25)28(30(38)33-31(4,5)9-2)23-11-10-12-24(39-6)29(23)40-7/h10-16,19,28H,8-9,17-18H2,1-7H3,(H,33,38)(H,32,34,36)/t28-/m1/s1. The fraction of sp³-hybridized carbons (Fsp3) is 0.419. The van der Waals surface area contributed by atoms with Crippen molar-refractivity contribution in [3.8, 4) is 11.5 Å². The number of benzene rings is 2. The Kier molecular flexibility index (Phi) is 10.5. The number of aryl methyl sites for hydroxylation is 2. The second-order valence-corrected chi connectivity index (χ2v) is 10.4. The highest BCUT2D eigenvalue weighted by Crippen LogP contribution is 2.39. The zero-order chi connectivity index (χ0) is 30.2. The summed E-state index contributed by atoms with van der Waals surface area (Å²) in [5.41, 5.74) is 1.50. The molecule has 2 N–H and O–H groups in total. The SMILES string of the molecule is CCc1ccc(N(C(=O)CCC(=O)Nc2cc(C)on2)[C@@H](C(=O)NC(C)(C)CC)c2cccc(OC)c2OC)cc1. The first kappa shape index (κ1) is 31.2. The Bertz CT molecular complexity index is 1350. The molecule has 10 nitrogen and oxygen atoms in total. The number of methoxy groups -OCH3 is 2. The molecule has 0 aliphatic rings. The van der Waals surface area contributed by atoms with Crippen molar-refractivity contribution in [1.29, 1.82) is 0 Å². The minimum Gasteiger partial charge on any atom is -0.493 e. The second kappa shape index (κ2) is 13.8. The van der Waals surface area contributed by atoms with Crippen LogP contribution in [0.25, 0.3) is 0 Å². The normalized spacial score (nSPS) is 11.9. The molecule has 0 radical (unpaired) electrons. The predicted molar refractivity (Wildman–Crippen MR) is 157 cm³/mol. The zero-order valence-electron chi connectivity index (χ0n) is 24.9. The molecule has 0 saturated carbocycles. The molecule has 0 unspecified atom stereocenters. The number of rotatable bonds is 13. The molecule has 3 rings (SSSR count). The van der Waals surface area contributed by atoms with Crippen LogP contribution >= 0.6 is 0 Å². The zero-order valence-corrected chi connectivity index (χ0v) is 24.9. The maximum Gasteiger partial charge on any atom is 0.248 e. The highest BCUT2D eigenvalue weighted by atomic mass is 16.5. The van der Waals surface area contributed by atoms with E-state index in [0.29, 0.717) is 34.9 Å². The molecule has 3 amide bonds. The molecule has 1 aromatic heterocycles. The number of nitrogens with one attached hydrogen (secondary N) is 2. The van der Waals surface area contributed by atoms with Crippen LogP contribution in [0.15, 0.2) is 53.1 Å². The molecule has 0 aliphatic carbocycles. The summed E-state index contributed by atoms with van der Waals surface area (Å²) in [4.78, 5) is 42.2. The Labute approximate surface area is 241 Å². The number of carbonyl (C=O) groups excluding carboxylic acids is 3. The molecule has 1 heterocycles. The second-order valence-electron chi connectivity index (χ2n) is 10.4. The molecule has 0 bridgehead atoms. The van der Waals surface area contributed by atoms with Crippen molar-refractivity contribution in [3.63, 3.8) is 0 Å². The average molecular weight is 565 g/mol. The number of hydrogen-bond acceptors (Lipinski definition) is 7. The molecule has 0 aliphatic heterocycles. The van der Waals surface area contributed by atoms with E-state index in [0.717, 1.165) is 12.0 Å². The van der Waals surface area contributed by atoms with E-state index >= 15 is 0 Å². The Balaban J connectivity index is 2.08.